The van der Waals surface area contributed by atoms with Crippen molar-refractivity contribution in [1.29, 1.82) is 0 Å². The lowest BCUT2D eigenvalue weighted by atomic mass is 9.99. The van der Waals surface area contributed by atoms with E-state index in [9.17, 15) is 28.4 Å². The first-order valence-corrected chi connectivity index (χ1v) is 15.4. The SMILES string of the molecule is CC(C)C[C@@H]1NC(=O)C[C@@H](C(=O)NCCOc2ccc(F)cc2)NC(=O)c2ccccc2OC[C@H](C)NC(=O)[C@@H](C(C)C)NC1=O. The average Bonchev–Trinajstić information content (AvgIpc) is 3.00. The number of ether oxygens (including phenoxy) is 2. The number of amides is 5. The first-order chi connectivity index (χ1) is 21.8. The van der Waals surface area contributed by atoms with Crippen LogP contribution in [-0.2, 0) is 19.2 Å². The van der Waals surface area contributed by atoms with E-state index in [1.165, 1.54) is 30.3 Å². The molecule has 0 fully saturated rings. The normalized spacial score (nSPS) is 21.6. The minimum absolute atomic E-state index is 0.00469. The van der Waals surface area contributed by atoms with Gasteiger partial charge in [-0.1, -0.05) is 39.8 Å². The largest absolute Gasteiger partial charge is 0.492 e. The Kier molecular flexibility index (Phi) is 13.3. The molecule has 46 heavy (non-hydrogen) atoms. The van der Waals surface area contributed by atoms with Gasteiger partial charge in [0, 0.05) is 0 Å². The number of para-hydroxylation sites is 1. The minimum atomic E-state index is -1.32. The minimum Gasteiger partial charge on any atom is -0.492 e. The number of rotatable bonds is 8. The Bertz CT molecular complexity index is 1370. The Hall–Kier alpha value is -4.68. The first-order valence-electron chi connectivity index (χ1n) is 15.4. The molecule has 13 heteroatoms. The first kappa shape index (κ1) is 35.8. The molecular weight excluding hydrogens is 597 g/mol. The van der Waals surface area contributed by atoms with E-state index >= 15 is 0 Å². The summed E-state index contributed by atoms with van der Waals surface area (Å²) in [5.41, 5.74) is 0.123. The van der Waals surface area contributed by atoms with Gasteiger partial charge in [-0.3, -0.25) is 24.0 Å². The van der Waals surface area contributed by atoms with Crippen molar-refractivity contribution < 1.29 is 37.8 Å². The highest BCUT2D eigenvalue weighted by atomic mass is 19.1. The van der Waals surface area contributed by atoms with Crippen LogP contribution in [-0.4, -0.2) is 73.5 Å². The molecule has 5 N–H and O–H groups in total. The van der Waals surface area contributed by atoms with Crippen LogP contribution in [0, 0.1) is 17.7 Å². The molecule has 1 aliphatic rings. The molecule has 0 radical (unpaired) electrons. The monoisotopic (exact) mass is 641 g/mol. The smallest absolute Gasteiger partial charge is 0.255 e. The molecule has 0 spiro atoms. The molecule has 5 amide bonds. The maximum Gasteiger partial charge on any atom is 0.255 e. The van der Waals surface area contributed by atoms with Crippen molar-refractivity contribution in [3.63, 3.8) is 0 Å². The van der Waals surface area contributed by atoms with Crippen LogP contribution in [0.15, 0.2) is 48.5 Å². The highest BCUT2D eigenvalue weighted by Gasteiger charge is 2.32. The Balaban J connectivity index is 1.86. The predicted octanol–water partition coefficient (Wildman–Crippen LogP) is 2.08. The second-order valence-corrected chi connectivity index (χ2v) is 12.0. The third-order valence-corrected chi connectivity index (χ3v) is 7.11. The van der Waals surface area contributed by atoms with Gasteiger partial charge < -0.3 is 36.1 Å². The van der Waals surface area contributed by atoms with Crippen molar-refractivity contribution in [3.8, 4) is 11.5 Å². The summed E-state index contributed by atoms with van der Waals surface area (Å²) in [6, 6.07) is 8.10. The summed E-state index contributed by atoms with van der Waals surface area (Å²) < 4.78 is 24.6. The number of carbonyl (C=O) groups is 5. The predicted molar refractivity (Wildman–Crippen MR) is 168 cm³/mol. The molecular formula is C33H44FN5O7. The van der Waals surface area contributed by atoms with E-state index in [-0.39, 0.29) is 49.3 Å². The van der Waals surface area contributed by atoms with E-state index in [1.54, 1.807) is 39.0 Å². The standard InChI is InChI=1S/C33H44FN5O7/c1-19(2)16-25-32(43)39-29(20(3)4)33(44)36-21(5)18-46-27-9-7-6-8-24(27)30(41)38-26(17-28(40)37-25)31(42)35-14-15-45-23-12-10-22(34)11-13-23/h6-13,19-21,25-26,29H,14-18H2,1-5H3,(H,35,42)(H,36,44)(H,37,40)(H,38,41)(H,39,43)/t21-,25-,26-,29+/m0/s1. The fraction of sp³-hybridized carbons (Fsp3) is 0.485. The van der Waals surface area contributed by atoms with Crippen LogP contribution in [0.3, 0.4) is 0 Å². The van der Waals surface area contributed by atoms with Gasteiger partial charge in [-0.25, -0.2) is 4.39 Å². The molecule has 12 nitrogen and oxygen atoms in total. The van der Waals surface area contributed by atoms with Gasteiger partial charge >= 0.3 is 0 Å². The molecule has 0 saturated carbocycles. The van der Waals surface area contributed by atoms with E-state index in [0.717, 1.165) is 0 Å². The van der Waals surface area contributed by atoms with Gasteiger partial charge in [0.05, 0.1) is 24.6 Å². The van der Waals surface area contributed by atoms with Crippen LogP contribution in [0.1, 0.15) is 57.8 Å². The fourth-order valence-corrected chi connectivity index (χ4v) is 4.74. The quantitative estimate of drug-likeness (QED) is 0.276. The lowest BCUT2D eigenvalue weighted by molar-refractivity contribution is -0.134. The molecule has 3 rings (SSSR count). The van der Waals surface area contributed by atoms with Gasteiger partial charge in [0.25, 0.3) is 5.91 Å². The Morgan fingerprint density at radius 2 is 1.65 bits per heavy atom. The number of halogens is 1. The van der Waals surface area contributed by atoms with Crippen molar-refractivity contribution in [2.75, 3.05) is 19.8 Å². The second-order valence-electron chi connectivity index (χ2n) is 12.0. The number of benzene rings is 2. The summed E-state index contributed by atoms with van der Waals surface area (Å²) in [7, 11) is 0. The zero-order chi connectivity index (χ0) is 33.8. The average molecular weight is 642 g/mol. The van der Waals surface area contributed by atoms with Gasteiger partial charge in [-0.15, -0.1) is 0 Å². The summed E-state index contributed by atoms with van der Waals surface area (Å²) in [5, 5.41) is 13.6. The van der Waals surface area contributed by atoms with Crippen LogP contribution in [0.5, 0.6) is 11.5 Å². The van der Waals surface area contributed by atoms with Gasteiger partial charge in [-0.2, -0.15) is 0 Å². The number of hydrogen-bond acceptors (Lipinski definition) is 7. The van der Waals surface area contributed by atoms with Gasteiger partial charge in [0.1, 0.15) is 48.7 Å². The van der Waals surface area contributed by atoms with Crippen molar-refractivity contribution in [3.05, 3.63) is 59.9 Å². The van der Waals surface area contributed by atoms with Crippen LogP contribution in [0.25, 0.3) is 0 Å². The highest BCUT2D eigenvalue weighted by Crippen LogP contribution is 2.19. The van der Waals surface area contributed by atoms with Crippen molar-refractivity contribution in [1.82, 2.24) is 26.6 Å². The Labute approximate surface area is 268 Å². The fourth-order valence-electron chi connectivity index (χ4n) is 4.74. The topological polar surface area (TPSA) is 164 Å². The van der Waals surface area contributed by atoms with Gasteiger partial charge in [-0.05, 0) is 61.6 Å². The number of carbonyl (C=O) groups excluding carboxylic acids is 5. The number of nitrogens with one attached hydrogen (secondary N) is 5. The van der Waals surface area contributed by atoms with Crippen LogP contribution in [0.2, 0.25) is 0 Å². The summed E-state index contributed by atoms with van der Waals surface area (Å²) in [5.74, 6) is -2.99. The van der Waals surface area contributed by atoms with E-state index in [4.69, 9.17) is 9.47 Å². The zero-order valence-corrected chi connectivity index (χ0v) is 26.9. The van der Waals surface area contributed by atoms with Crippen molar-refractivity contribution >= 4 is 29.5 Å². The molecule has 2 aromatic carbocycles. The van der Waals surface area contributed by atoms with Gasteiger partial charge in [0.2, 0.25) is 23.6 Å². The maximum absolute atomic E-state index is 13.4. The molecule has 0 bridgehead atoms. The lowest BCUT2D eigenvalue weighted by Gasteiger charge is -2.27. The summed E-state index contributed by atoms with van der Waals surface area (Å²) in [6.45, 7) is 9.18. The maximum atomic E-state index is 13.4. The van der Waals surface area contributed by atoms with E-state index in [1.807, 2.05) is 13.8 Å². The molecule has 0 aliphatic carbocycles. The lowest BCUT2D eigenvalue weighted by Crippen LogP contribution is -2.57. The second kappa shape index (κ2) is 17.1. The molecule has 4 atom stereocenters. The third-order valence-electron chi connectivity index (χ3n) is 7.11. The number of fused-ring (bicyclic) bond motifs is 1. The molecule has 1 aliphatic heterocycles. The van der Waals surface area contributed by atoms with Crippen molar-refractivity contribution in [2.45, 2.75) is 71.6 Å². The molecule has 1 heterocycles. The Morgan fingerprint density at radius 3 is 2.33 bits per heavy atom. The Morgan fingerprint density at radius 1 is 0.957 bits per heavy atom. The van der Waals surface area contributed by atoms with Crippen LogP contribution in [0.4, 0.5) is 4.39 Å². The van der Waals surface area contributed by atoms with E-state index in [2.05, 4.69) is 26.6 Å². The molecule has 0 saturated heterocycles. The molecule has 0 aromatic heterocycles. The summed E-state index contributed by atoms with van der Waals surface area (Å²) in [4.78, 5) is 66.6. The zero-order valence-electron chi connectivity index (χ0n) is 26.9. The van der Waals surface area contributed by atoms with Crippen LogP contribution >= 0.6 is 0 Å². The van der Waals surface area contributed by atoms with Gasteiger partial charge in [0.15, 0.2) is 0 Å². The van der Waals surface area contributed by atoms with Crippen LogP contribution < -0.4 is 36.1 Å². The number of hydrogen-bond donors (Lipinski definition) is 5. The van der Waals surface area contributed by atoms with E-state index in [0.29, 0.717) is 5.75 Å². The molecule has 2 aromatic rings. The molecule has 0 unspecified atom stereocenters. The highest BCUT2D eigenvalue weighted by molar-refractivity contribution is 6.01. The van der Waals surface area contributed by atoms with Crippen molar-refractivity contribution in [2.24, 2.45) is 11.8 Å². The summed E-state index contributed by atoms with van der Waals surface area (Å²) in [6.07, 6.45) is -0.210. The third kappa shape index (κ3) is 11.0. The van der Waals surface area contributed by atoms with E-state index < -0.39 is 65.9 Å². The summed E-state index contributed by atoms with van der Waals surface area (Å²) >= 11 is 0. The molecule has 250 valence electrons.